The number of rotatable bonds is 2. The van der Waals surface area contributed by atoms with Crippen LogP contribution < -0.4 is 0 Å². The van der Waals surface area contributed by atoms with E-state index in [1.165, 1.54) is 5.56 Å². The van der Waals surface area contributed by atoms with Gasteiger partial charge in [0.1, 0.15) is 0 Å². The first-order chi connectivity index (χ1) is 6.72. The summed E-state index contributed by atoms with van der Waals surface area (Å²) in [5, 5.41) is 1.04. The number of aryl methyl sites for hydroxylation is 1. The van der Waals surface area contributed by atoms with Gasteiger partial charge in [0.2, 0.25) is 0 Å². The molecule has 0 aliphatic heterocycles. The standard InChI is InChI=1S/C12H13NO/c1-3-9-4-5-12-10(6-9)11(7-13-12)8(2)14/h4-7,13H,3H2,1-2H3. The lowest BCUT2D eigenvalue weighted by molar-refractivity contribution is 0.101. The number of benzene rings is 1. The Hall–Kier alpha value is -1.57. The smallest absolute Gasteiger partial charge is 0.161 e. The molecule has 0 fully saturated rings. The van der Waals surface area contributed by atoms with E-state index in [-0.39, 0.29) is 5.78 Å². The van der Waals surface area contributed by atoms with Gasteiger partial charge >= 0.3 is 0 Å². The van der Waals surface area contributed by atoms with Crippen molar-refractivity contribution in [2.45, 2.75) is 20.3 Å². The van der Waals surface area contributed by atoms with Gasteiger partial charge in [-0.2, -0.15) is 0 Å². The molecule has 1 aromatic carbocycles. The van der Waals surface area contributed by atoms with Crippen molar-refractivity contribution in [3.8, 4) is 0 Å². The number of aromatic nitrogens is 1. The van der Waals surface area contributed by atoms with Gasteiger partial charge in [0.15, 0.2) is 5.78 Å². The van der Waals surface area contributed by atoms with Crippen LogP contribution in [0.15, 0.2) is 24.4 Å². The summed E-state index contributed by atoms with van der Waals surface area (Å²) in [4.78, 5) is 14.4. The van der Waals surface area contributed by atoms with Crippen molar-refractivity contribution >= 4 is 16.7 Å². The van der Waals surface area contributed by atoms with E-state index in [1.807, 2.05) is 6.07 Å². The Morgan fingerprint density at radius 3 is 2.86 bits per heavy atom. The van der Waals surface area contributed by atoms with Crippen LogP contribution in [0.2, 0.25) is 0 Å². The number of nitrogens with one attached hydrogen (secondary N) is 1. The Morgan fingerprint density at radius 2 is 2.21 bits per heavy atom. The second kappa shape index (κ2) is 3.29. The van der Waals surface area contributed by atoms with Crippen molar-refractivity contribution in [1.29, 1.82) is 0 Å². The van der Waals surface area contributed by atoms with Crippen molar-refractivity contribution < 1.29 is 4.79 Å². The molecule has 0 spiro atoms. The van der Waals surface area contributed by atoms with E-state index in [9.17, 15) is 4.79 Å². The number of hydrogen-bond donors (Lipinski definition) is 1. The highest BCUT2D eigenvalue weighted by atomic mass is 16.1. The fraction of sp³-hybridized carbons (Fsp3) is 0.250. The molecule has 2 heteroatoms. The highest BCUT2D eigenvalue weighted by molar-refractivity contribution is 6.06. The van der Waals surface area contributed by atoms with E-state index in [0.717, 1.165) is 22.9 Å². The molecule has 1 heterocycles. The van der Waals surface area contributed by atoms with Crippen LogP contribution in [0.5, 0.6) is 0 Å². The quantitative estimate of drug-likeness (QED) is 0.720. The summed E-state index contributed by atoms with van der Waals surface area (Å²) in [6.45, 7) is 3.71. The van der Waals surface area contributed by atoms with Crippen molar-refractivity contribution in [2.24, 2.45) is 0 Å². The van der Waals surface area contributed by atoms with Crippen LogP contribution in [0.4, 0.5) is 0 Å². The lowest BCUT2D eigenvalue weighted by Crippen LogP contribution is -1.89. The maximum Gasteiger partial charge on any atom is 0.161 e. The average molecular weight is 187 g/mol. The first-order valence-corrected chi connectivity index (χ1v) is 4.83. The normalized spacial score (nSPS) is 10.7. The van der Waals surface area contributed by atoms with Crippen LogP contribution >= 0.6 is 0 Å². The summed E-state index contributed by atoms with van der Waals surface area (Å²) >= 11 is 0. The Labute approximate surface area is 82.9 Å². The van der Waals surface area contributed by atoms with Crippen LogP contribution in [0.25, 0.3) is 10.9 Å². The van der Waals surface area contributed by atoms with E-state index in [4.69, 9.17) is 0 Å². The van der Waals surface area contributed by atoms with Gasteiger partial charge in [-0.25, -0.2) is 0 Å². The molecule has 72 valence electrons. The number of hydrogen-bond acceptors (Lipinski definition) is 1. The molecular weight excluding hydrogens is 174 g/mol. The Morgan fingerprint density at radius 1 is 1.43 bits per heavy atom. The van der Waals surface area contributed by atoms with E-state index in [2.05, 4.69) is 24.0 Å². The van der Waals surface area contributed by atoms with Gasteiger partial charge in [0, 0.05) is 22.7 Å². The molecule has 0 saturated carbocycles. The third kappa shape index (κ3) is 1.33. The highest BCUT2D eigenvalue weighted by Gasteiger charge is 2.07. The molecule has 1 N–H and O–H groups in total. The zero-order valence-electron chi connectivity index (χ0n) is 8.42. The fourth-order valence-corrected chi connectivity index (χ4v) is 1.68. The maximum atomic E-state index is 11.3. The van der Waals surface area contributed by atoms with E-state index in [1.54, 1.807) is 13.1 Å². The number of carbonyl (C=O) groups is 1. The third-order valence-corrected chi connectivity index (χ3v) is 2.53. The molecule has 1 aromatic heterocycles. The highest BCUT2D eigenvalue weighted by Crippen LogP contribution is 2.20. The third-order valence-electron chi connectivity index (χ3n) is 2.53. The van der Waals surface area contributed by atoms with Gasteiger partial charge in [0.25, 0.3) is 0 Å². The maximum absolute atomic E-state index is 11.3. The van der Waals surface area contributed by atoms with E-state index < -0.39 is 0 Å². The molecule has 0 saturated heterocycles. The van der Waals surface area contributed by atoms with Gasteiger partial charge in [-0.15, -0.1) is 0 Å². The van der Waals surface area contributed by atoms with Crippen LogP contribution in [-0.2, 0) is 6.42 Å². The zero-order valence-corrected chi connectivity index (χ0v) is 8.42. The van der Waals surface area contributed by atoms with Crippen molar-refractivity contribution in [1.82, 2.24) is 4.98 Å². The van der Waals surface area contributed by atoms with Crippen LogP contribution in [-0.4, -0.2) is 10.8 Å². The SMILES string of the molecule is CCc1ccc2[nH]cc(C(C)=O)c2c1. The van der Waals surface area contributed by atoms with Crippen LogP contribution in [0.1, 0.15) is 29.8 Å². The zero-order chi connectivity index (χ0) is 10.1. The lowest BCUT2D eigenvalue weighted by atomic mass is 10.1. The topological polar surface area (TPSA) is 32.9 Å². The van der Waals surface area contributed by atoms with Gasteiger partial charge in [-0.05, 0) is 31.0 Å². The summed E-state index contributed by atoms with van der Waals surface area (Å²) in [7, 11) is 0. The first kappa shape index (κ1) is 9.00. The predicted octanol–water partition coefficient (Wildman–Crippen LogP) is 2.93. The molecule has 2 aromatic rings. The second-order valence-corrected chi connectivity index (χ2v) is 3.49. The van der Waals surface area contributed by atoms with Crippen molar-refractivity contribution in [3.63, 3.8) is 0 Å². The van der Waals surface area contributed by atoms with Crippen LogP contribution in [0.3, 0.4) is 0 Å². The summed E-state index contributed by atoms with van der Waals surface area (Å²) in [5.41, 5.74) is 3.09. The minimum atomic E-state index is 0.115. The molecule has 0 aliphatic carbocycles. The Bertz CT molecular complexity index is 482. The number of Topliss-reactive ketones (excluding diaryl/α,β-unsaturated/α-hetero) is 1. The monoisotopic (exact) mass is 187 g/mol. The largest absolute Gasteiger partial charge is 0.360 e. The van der Waals surface area contributed by atoms with Gasteiger partial charge in [0.05, 0.1) is 0 Å². The van der Waals surface area contributed by atoms with E-state index >= 15 is 0 Å². The molecular formula is C12H13NO. The van der Waals surface area contributed by atoms with Gasteiger partial charge < -0.3 is 4.98 Å². The Kier molecular flexibility index (Phi) is 2.12. The molecule has 0 aliphatic rings. The second-order valence-electron chi connectivity index (χ2n) is 3.49. The predicted molar refractivity (Wildman–Crippen MR) is 57.7 cm³/mol. The number of H-pyrrole nitrogens is 1. The van der Waals surface area contributed by atoms with Crippen molar-refractivity contribution in [3.05, 3.63) is 35.5 Å². The minimum absolute atomic E-state index is 0.115. The molecule has 14 heavy (non-hydrogen) atoms. The lowest BCUT2D eigenvalue weighted by Gasteiger charge is -1.97. The average Bonchev–Trinajstić information content (AvgIpc) is 2.59. The molecule has 2 nitrogen and oxygen atoms in total. The number of fused-ring (bicyclic) bond motifs is 1. The summed E-state index contributed by atoms with van der Waals surface area (Å²) in [6, 6.07) is 6.20. The van der Waals surface area contributed by atoms with Gasteiger partial charge in [-0.1, -0.05) is 13.0 Å². The summed E-state index contributed by atoms with van der Waals surface area (Å²) < 4.78 is 0. The Balaban J connectivity index is 2.69. The molecule has 0 radical (unpaired) electrons. The summed E-state index contributed by atoms with van der Waals surface area (Å²) in [5.74, 6) is 0.115. The fourth-order valence-electron chi connectivity index (χ4n) is 1.68. The summed E-state index contributed by atoms with van der Waals surface area (Å²) in [6.07, 6.45) is 2.78. The molecule has 0 unspecified atom stereocenters. The molecule has 0 atom stereocenters. The number of ketones is 1. The number of carbonyl (C=O) groups excluding carboxylic acids is 1. The molecule has 0 bridgehead atoms. The molecule has 2 rings (SSSR count). The van der Waals surface area contributed by atoms with Crippen LogP contribution in [0, 0.1) is 0 Å². The number of aromatic amines is 1. The molecule has 0 amide bonds. The first-order valence-electron chi connectivity index (χ1n) is 4.83. The van der Waals surface area contributed by atoms with Gasteiger partial charge in [-0.3, -0.25) is 4.79 Å². The van der Waals surface area contributed by atoms with E-state index in [0.29, 0.717) is 0 Å². The van der Waals surface area contributed by atoms with Crippen molar-refractivity contribution in [2.75, 3.05) is 0 Å². The minimum Gasteiger partial charge on any atom is -0.360 e.